The molecule has 8 aromatic carbocycles. The summed E-state index contributed by atoms with van der Waals surface area (Å²) >= 11 is 0. The van der Waals surface area contributed by atoms with Crippen LogP contribution in [0.2, 0.25) is 0 Å². The van der Waals surface area contributed by atoms with E-state index in [0.29, 0.717) is 5.84 Å². The van der Waals surface area contributed by atoms with Crippen molar-refractivity contribution >= 4 is 77.1 Å². The van der Waals surface area contributed by atoms with Gasteiger partial charge in [-0.3, -0.25) is 0 Å². The van der Waals surface area contributed by atoms with Gasteiger partial charge in [-0.15, -0.1) is 0 Å². The number of amidine groups is 2. The van der Waals surface area contributed by atoms with E-state index in [1.807, 2.05) is 54.6 Å². The van der Waals surface area contributed by atoms with Crippen LogP contribution in [0.15, 0.2) is 183 Å². The molecule has 1 atom stereocenters. The third kappa shape index (κ3) is 4.49. The Morgan fingerprint density at radius 3 is 2.04 bits per heavy atom. The smallest absolute Gasteiger partial charge is 0.159 e. The summed E-state index contributed by atoms with van der Waals surface area (Å²) in [5, 5.41) is 12.9. The van der Waals surface area contributed by atoms with Gasteiger partial charge < -0.3 is 14.2 Å². The number of furan rings is 2. The first kappa shape index (κ1) is 28.8. The van der Waals surface area contributed by atoms with Gasteiger partial charge in [0.15, 0.2) is 5.84 Å². The van der Waals surface area contributed by atoms with Crippen LogP contribution in [0.3, 0.4) is 0 Å². The summed E-state index contributed by atoms with van der Waals surface area (Å²) in [6.45, 7) is 0. The Balaban J connectivity index is 1.09. The highest BCUT2D eigenvalue weighted by atomic mass is 16.3. The first-order valence-electron chi connectivity index (χ1n) is 17.5. The summed E-state index contributed by atoms with van der Waals surface area (Å²) < 4.78 is 12.9. The second kappa shape index (κ2) is 11.3. The van der Waals surface area contributed by atoms with Crippen molar-refractivity contribution in [2.45, 2.75) is 6.17 Å². The van der Waals surface area contributed by atoms with Crippen LogP contribution in [0.4, 0.5) is 0 Å². The average molecular weight is 668 g/mol. The molecule has 1 aliphatic rings. The molecule has 0 saturated carbocycles. The number of fused-ring (bicyclic) bond motifs is 9. The third-order valence-corrected chi connectivity index (χ3v) is 10.3. The van der Waals surface area contributed by atoms with Gasteiger partial charge >= 0.3 is 0 Å². The van der Waals surface area contributed by atoms with Crippen LogP contribution in [0.25, 0.3) is 76.5 Å². The number of hydrogen-bond donors (Lipinski definition) is 1. The van der Waals surface area contributed by atoms with Crippen LogP contribution in [-0.2, 0) is 0 Å². The molecule has 0 aliphatic carbocycles. The lowest BCUT2D eigenvalue weighted by Crippen LogP contribution is -2.33. The lowest BCUT2D eigenvalue weighted by Gasteiger charge is -2.24. The van der Waals surface area contributed by atoms with Crippen LogP contribution in [0, 0.1) is 0 Å². The predicted octanol–water partition coefficient (Wildman–Crippen LogP) is 12.0. The molecule has 1 aliphatic heterocycles. The zero-order valence-electron chi connectivity index (χ0n) is 27.9. The standard InChI is InChI=1S/C47H29N3O2/c1-2-11-29(12-3-1)45-48-46(32-21-25-42-39(27-32)36-14-6-8-16-40(36)51-42)50-47(49-45)38-24-23-35(44-43(38)37-15-7-9-17-41(37)52-44)31-20-22-34-30(26-31)19-18-28-10-4-5-13-33(28)34/h1-27,47H,(H,48,49,50). The van der Waals surface area contributed by atoms with Crippen molar-refractivity contribution < 1.29 is 8.83 Å². The van der Waals surface area contributed by atoms with E-state index in [9.17, 15) is 0 Å². The van der Waals surface area contributed by atoms with Crippen molar-refractivity contribution in [1.82, 2.24) is 5.32 Å². The molecule has 3 heterocycles. The van der Waals surface area contributed by atoms with Gasteiger partial charge in [0, 0.05) is 43.8 Å². The number of nitrogens with zero attached hydrogens (tertiary/aromatic N) is 2. The molecule has 0 bridgehead atoms. The Hall–Kier alpha value is -6.98. The van der Waals surface area contributed by atoms with Gasteiger partial charge in [-0.1, -0.05) is 127 Å². The molecule has 0 spiro atoms. The SMILES string of the molecule is c1ccc(C2=NC(c3ccc(-c4ccc5c(ccc6ccccc65)c4)c4oc5ccccc5c34)NC(c3ccc4oc5ccccc5c4c3)=N2)cc1. The molecule has 0 fully saturated rings. The summed E-state index contributed by atoms with van der Waals surface area (Å²) in [4.78, 5) is 10.4. The van der Waals surface area contributed by atoms with Gasteiger partial charge in [0.25, 0.3) is 0 Å². The van der Waals surface area contributed by atoms with E-state index in [1.165, 1.54) is 21.5 Å². The minimum atomic E-state index is -0.431. The van der Waals surface area contributed by atoms with Crippen molar-refractivity contribution in [3.05, 3.63) is 180 Å². The molecule has 2 aromatic heterocycles. The van der Waals surface area contributed by atoms with Crippen LogP contribution >= 0.6 is 0 Å². The average Bonchev–Trinajstić information content (AvgIpc) is 3.79. The summed E-state index contributed by atoms with van der Waals surface area (Å²) in [5.41, 5.74) is 8.47. The molecule has 244 valence electrons. The number of hydrogen-bond acceptors (Lipinski definition) is 5. The maximum Gasteiger partial charge on any atom is 0.159 e. The summed E-state index contributed by atoms with van der Waals surface area (Å²) in [7, 11) is 0. The van der Waals surface area contributed by atoms with Crippen molar-refractivity contribution in [1.29, 1.82) is 0 Å². The Labute approximate surface area is 298 Å². The zero-order chi connectivity index (χ0) is 34.2. The monoisotopic (exact) mass is 667 g/mol. The Morgan fingerprint density at radius 1 is 0.462 bits per heavy atom. The quantitative estimate of drug-likeness (QED) is 0.190. The molecule has 52 heavy (non-hydrogen) atoms. The number of para-hydroxylation sites is 2. The maximum absolute atomic E-state index is 6.74. The van der Waals surface area contributed by atoms with Gasteiger partial charge in [0.2, 0.25) is 0 Å². The molecule has 5 nitrogen and oxygen atoms in total. The molecule has 0 amide bonds. The van der Waals surface area contributed by atoms with E-state index in [1.54, 1.807) is 0 Å². The normalized spacial score (nSPS) is 14.7. The molecular weight excluding hydrogens is 639 g/mol. The number of nitrogens with one attached hydrogen (secondary N) is 1. The lowest BCUT2D eigenvalue weighted by atomic mass is 9.94. The highest BCUT2D eigenvalue weighted by molar-refractivity contribution is 6.17. The Bertz CT molecular complexity index is 3110. The van der Waals surface area contributed by atoms with Crippen molar-refractivity contribution in [3.63, 3.8) is 0 Å². The summed E-state index contributed by atoms with van der Waals surface area (Å²) in [5.74, 6) is 1.42. The van der Waals surface area contributed by atoms with E-state index < -0.39 is 6.17 Å². The fourth-order valence-corrected chi connectivity index (χ4v) is 7.84. The molecule has 11 rings (SSSR count). The lowest BCUT2D eigenvalue weighted by molar-refractivity contribution is 0.663. The van der Waals surface area contributed by atoms with Gasteiger partial charge in [0.05, 0.1) is 0 Å². The summed E-state index contributed by atoms with van der Waals surface area (Å²) in [6, 6.07) is 56.9. The minimum absolute atomic E-state index is 0.431. The van der Waals surface area contributed by atoms with Gasteiger partial charge in [-0.2, -0.15) is 0 Å². The zero-order valence-corrected chi connectivity index (χ0v) is 27.9. The van der Waals surface area contributed by atoms with E-state index in [4.69, 9.17) is 18.8 Å². The fourth-order valence-electron chi connectivity index (χ4n) is 7.84. The topological polar surface area (TPSA) is 63.0 Å². The van der Waals surface area contributed by atoms with E-state index in [2.05, 4.69) is 115 Å². The largest absolute Gasteiger partial charge is 0.456 e. The van der Waals surface area contributed by atoms with Gasteiger partial charge in [-0.05, 0) is 63.5 Å². The highest BCUT2D eigenvalue weighted by Crippen LogP contribution is 2.42. The first-order chi connectivity index (χ1) is 25.7. The molecular formula is C47H29N3O2. The Kier molecular flexibility index (Phi) is 6.25. The third-order valence-electron chi connectivity index (χ3n) is 10.3. The highest BCUT2D eigenvalue weighted by Gasteiger charge is 2.26. The van der Waals surface area contributed by atoms with Crippen LogP contribution in [0.1, 0.15) is 22.9 Å². The molecule has 1 N–H and O–H groups in total. The fraction of sp³-hybridized carbons (Fsp3) is 0.0213. The van der Waals surface area contributed by atoms with Crippen LogP contribution < -0.4 is 5.32 Å². The van der Waals surface area contributed by atoms with Gasteiger partial charge in [0.1, 0.15) is 34.3 Å². The van der Waals surface area contributed by atoms with E-state index >= 15 is 0 Å². The maximum atomic E-state index is 6.74. The Morgan fingerprint density at radius 2 is 1.15 bits per heavy atom. The van der Waals surface area contributed by atoms with Gasteiger partial charge in [-0.25, -0.2) is 9.98 Å². The van der Waals surface area contributed by atoms with Crippen LogP contribution in [0.5, 0.6) is 0 Å². The van der Waals surface area contributed by atoms with Crippen molar-refractivity contribution in [2.75, 3.05) is 0 Å². The predicted molar refractivity (Wildman–Crippen MR) is 213 cm³/mol. The second-order valence-corrected chi connectivity index (χ2v) is 13.4. The minimum Gasteiger partial charge on any atom is -0.456 e. The number of rotatable bonds is 4. The molecule has 0 saturated heterocycles. The molecule has 1 unspecified atom stereocenters. The van der Waals surface area contributed by atoms with E-state index in [0.717, 1.165) is 77.5 Å². The van der Waals surface area contributed by atoms with Crippen molar-refractivity contribution in [3.8, 4) is 11.1 Å². The van der Waals surface area contributed by atoms with Crippen molar-refractivity contribution in [2.24, 2.45) is 9.98 Å². The molecule has 0 radical (unpaired) electrons. The van der Waals surface area contributed by atoms with E-state index in [-0.39, 0.29) is 0 Å². The van der Waals surface area contributed by atoms with Crippen LogP contribution in [-0.4, -0.2) is 11.7 Å². The second-order valence-electron chi connectivity index (χ2n) is 13.4. The number of benzene rings is 8. The summed E-state index contributed by atoms with van der Waals surface area (Å²) in [6.07, 6.45) is -0.431. The molecule has 5 heteroatoms. The first-order valence-corrected chi connectivity index (χ1v) is 17.5. The molecule has 10 aromatic rings. The number of aliphatic imine (C=N–C) groups is 2.